The molecule has 0 fully saturated rings. The van der Waals surface area contributed by atoms with E-state index in [1.807, 2.05) is 41.8 Å². The number of nitrogens with one attached hydrogen (secondary N) is 1. The molecule has 27 heavy (non-hydrogen) atoms. The van der Waals surface area contributed by atoms with E-state index in [-0.39, 0.29) is 12.2 Å². The SMILES string of the molecule is O=C(NC[C@@](O)(c1ccco1)c1cccs1)c1cc(-c2ccccc2)on1. The molecule has 3 aromatic heterocycles. The van der Waals surface area contributed by atoms with Crippen LogP contribution in [0.25, 0.3) is 11.3 Å². The first-order chi connectivity index (χ1) is 13.2. The molecule has 1 amide bonds. The molecule has 0 unspecified atom stereocenters. The maximum absolute atomic E-state index is 12.5. The number of aromatic nitrogens is 1. The van der Waals surface area contributed by atoms with E-state index in [0.29, 0.717) is 16.4 Å². The average Bonchev–Trinajstić information content (AvgIpc) is 3.48. The third-order valence-corrected chi connectivity index (χ3v) is 5.18. The molecule has 0 bridgehead atoms. The van der Waals surface area contributed by atoms with Crippen LogP contribution >= 0.6 is 11.3 Å². The molecule has 0 aliphatic rings. The lowest BCUT2D eigenvalue weighted by Crippen LogP contribution is -2.41. The summed E-state index contributed by atoms with van der Waals surface area (Å²) in [5, 5.41) is 19.6. The fourth-order valence-corrected chi connectivity index (χ4v) is 3.57. The van der Waals surface area contributed by atoms with Gasteiger partial charge in [0.25, 0.3) is 5.91 Å². The Kier molecular flexibility index (Phi) is 4.62. The molecular formula is C20H16N2O4S. The van der Waals surface area contributed by atoms with E-state index in [4.69, 9.17) is 8.94 Å². The van der Waals surface area contributed by atoms with Gasteiger partial charge in [0.2, 0.25) is 0 Å². The van der Waals surface area contributed by atoms with Crippen molar-refractivity contribution in [3.63, 3.8) is 0 Å². The first kappa shape index (κ1) is 17.3. The number of hydrogen-bond donors (Lipinski definition) is 2. The van der Waals surface area contributed by atoms with Crippen molar-refractivity contribution in [1.82, 2.24) is 10.5 Å². The molecule has 0 saturated heterocycles. The van der Waals surface area contributed by atoms with E-state index in [9.17, 15) is 9.90 Å². The summed E-state index contributed by atoms with van der Waals surface area (Å²) in [5.74, 6) is 0.415. The van der Waals surface area contributed by atoms with E-state index < -0.39 is 11.5 Å². The van der Waals surface area contributed by atoms with Gasteiger partial charge in [0.15, 0.2) is 17.1 Å². The van der Waals surface area contributed by atoms with Crippen molar-refractivity contribution in [3.05, 3.63) is 88.6 Å². The number of carbonyl (C=O) groups excluding carboxylic acids is 1. The Hall–Kier alpha value is -3.16. The minimum atomic E-state index is -1.46. The van der Waals surface area contributed by atoms with Crippen LogP contribution in [0.3, 0.4) is 0 Å². The molecule has 2 N–H and O–H groups in total. The number of nitrogens with zero attached hydrogens (tertiary/aromatic N) is 1. The molecule has 0 aliphatic carbocycles. The second kappa shape index (κ2) is 7.22. The molecule has 7 heteroatoms. The number of thiophene rings is 1. The summed E-state index contributed by atoms with van der Waals surface area (Å²) < 4.78 is 10.7. The summed E-state index contributed by atoms with van der Waals surface area (Å²) in [6, 6.07) is 18.0. The molecule has 0 radical (unpaired) electrons. The highest BCUT2D eigenvalue weighted by Gasteiger charge is 2.36. The fraction of sp³-hybridized carbons (Fsp3) is 0.100. The van der Waals surface area contributed by atoms with Gasteiger partial charge in [-0.25, -0.2) is 0 Å². The Morgan fingerprint density at radius 1 is 1.15 bits per heavy atom. The fourth-order valence-electron chi connectivity index (χ4n) is 2.74. The van der Waals surface area contributed by atoms with E-state index in [1.54, 1.807) is 24.3 Å². The highest BCUT2D eigenvalue weighted by Crippen LogP contribution is 2.32. The average molecular weight is 380 g/mol. The summed E-state index contributed by atoms with van der Waals surface area (Å²) in [7, 11) is 0. The summed E-state index contributed by atoms with van der Waals surface area (Å²) in [4.78, 5) is 13.2. The zero-order valence-corrected chi connectivity index (χ0v) is 15.0. The third-order valence-electron chi connectivity index (χ3n) is 4.16. The van der Waals surface area contributed by atoms with Crippen LogP contribution in [-0.2, 0) is 5.60 Å². The maximum atomic E-state index is 12.5. The standard InChI is InChI=1S/C20H16N2O4S/c23-19(15-12-16(26-22-15)14-6-2-1-3-7-14)21-13-20(24,17-8-4-10-25-17)18-9-5-11-27-18/h1-12,24H,13H2,(H,21,23)/t20-/m1/s1. The van der Waals surface area contributed by atoms with Crippen LogP contribution in [0.4, 0.5) is 0 Å². The summed E-state index contributed by atoms with van der Waals surface area (Å²) in [6.07, 6.45) is 1.49. The highest BCUT2D eigenvalue weighted by atomic mass is 32.1. The molecule has 4 aromatic rings. The van der Waals surface area contributed by atoms with Crippen LogP contribution in [0.15, 0.2) is 81.2 Å². The van der Waals surface area contributed by atoms with E-state index in [0.717, 1.165) is 5.56 Å². The second-order valence-corrected chi connectivity index (χ2v) is 6.89. The molecule has 3 heterocycles. The minimum Gasteiger partial charge on any atom is -0.466 e. The van der Waals surface area contributed by atoms with Crippen molar-refractivity contribution in [2.24, 2.45) is 0 Å². The van der Waals surface area contributed by atoms with Crippen molar-refractivity contribution < 1.29 is 18.8 Å². The quantitative estimate of drug-likeness (QED) is 0.533. The first-order valence-electron chi connectivity index (χ1n) is 8.27. The number of amides is 1. The van der Waals surface area contributed by atoms with Crippen LogP contribution in [-0.4, -0.2) is 22.7 Å². The molecule has 136 valence electrons. The Morgan fingerprint density at radius 3 is 2.70 bits per heavy atom. The zero-order valence-electron chi connectivity index (χ0n) is 14.2. The summed E-state index contributed by atoms with van der Waals surface area (Å²) >= 11 is 1.38. The molecule has 4 rings (SSSR count). The maximum Gasteiger partial charge on any atom is 0.273 e. The van der Waals surface area contributed by atoms with Gasteiger partial charge in [0.05, 0.1) is 12.8 Å². The van der Waals surface area contributed by atoms with Crippen LogP contribution < -0.4 is 5.32 Å². The smallest absolute Gasteiger partial charge is 0.273 e. The Balaban J connectivity index is 1.52. The lowest BCUT2D eigenvalue weighted by molar-refractivity contribution is 0.0551. The number of aliphatic hydroxyl groups is 1. The largest absolute Gasteiger partial charge is 0.466 e. The molecular weight excluding hydrogens is 364 g/mol. The molecule has 1 atom stereocenters. The monoisotopic (exact) mass is 380 g/mol. The number of furan rings is 1. The van der Waals surface area contributed by atoms with E-state index in [1.165, 1.54) is 17.6 Å². The molecule has 0 spiro atoms. The van der Waals surface area contributed by atoms with Gasteiger partial charge in [-0.2, -0.15) is 0 Å². The minimum absolute atomic E-state index is 0.0621. The molecule has 0 saturated carbocycles. The van der Waals surface area contributed by atoms with Crippen molar-refractivity contribution in [2.75, 3.05) is 6.54 Å². The second-order valence-electron chi connectivity index (χ2n) is 5.94. The Morgan fingerprint density at radius 2 is 2.00 bits per heavy atom. The van der Waals surface area contributed by atoms with Crippen LogP contribution in [0.2, 0.25) is 0 Å². The van der Waals surface area contributed by atoms with Gasteiger partial charge in [-0.15, -0.1) is 11.3 Å². The van der Waals surface area contributed by atoms with Gasteiger partial charge in [-0.3, -0.25) is 4.79 Å². The van der Waals surface area contributed by atoms with Crippen molar-refractivity contribution in [1.29, 1.82) is 0 Å². The zero-order chi connectivity index (χ0) is 18.7. The van der Waals surface area contributed by atoms with Crippen LogP contribution in [0.5, 0.6) is 0 Å². The van der Waals surface area contributed by atoms with Crippen molar-refractivity contribution >= 4 is 17.2 Å². The number of rotatable bonds is 6. The molecule has 1 aromatic carbocycles. The van der Waals surface area contributed by atoms with E-state index >= 15 is 0 Å². The number of benzene rings is 1. The Labute approximate surface area is 159 Å². The van der Waals surface area contributed by atoms with Gasteiger partial charge in [-0.05, 0) is 23.6 Å². The van der Waals surface area contributed by atoms with E-state index in [2.05, 4.69) is 10.5 Å². The van der Waals surface area contributed by atoms with Crippen LogP contribution in [0, 0.1) is 0 Å². The Bertz CT molecular complexity index is 973. The van der Waals surface area contributed by atoms with Crippen molar-refractivity contribution in [3.8, 4) is 11.3 Å². The topological polar surface area (TPSA) is 88.5 Å². The predicted octanol–water partition coefficient (Wildman–Crippen LogP) is 3.66. The van der Waals surface area contributed by atoms with Crippen LogP contribution in [0.1, 0.15) is 21.1 Å². The molecule has 6 nitrogen and oxygen atoms in total. The lowest BCUT2D eigenvalue weighted by Gasteiger charge is -2.25. The van der Waals surface area contributed by atoms with Crippen molar-refractivity contribution in [2.45, 2.75) is 5.60 Å². The van der Waals surface area contributed by atoms with Gasteiger partial charge in [0, 0.05) is 16.5 Å². The van der Waals surface area contributed by atoms with Gasteiger partial charge in [-0.1, -0.05) is 41.6 Å². The van der Waals surface area contributed by atoms with Gasteiger partial charge < -0.3 is 19.4 Å². The highest BCUT2D eigenvalue weighted by molar-refractivity contribution is 7.10. The summed E-state index contributed by atoms with van der Waals surface area (Å²) in [5.41, 5.74) is -0.490. The van der Waals surface area contributed by atoms with Gasteiger partial charge in [0.1, 0.15) is 5.76 Å². The first-order valence-corrected chi connectivity index (χ1v) is 9.15. The normalized spacial score (nSPS) is 13.2. The summed E-state index contributed by atoms with van der Waals surface area (Å²) in [6.45, 7) is -0.0621. The lowest BCUT2D eigenvalue weighted by atomic mass is 9.98. The number of hydrogen-bond acceptors (Lipinski definition) is 6. The molecule has 0 aliphatic heterocycles. The predicted molar refractivity (Wildman–Crippen MR) is 100 cm³/mol. The third kappa shape index (κ3) is 3.42. The van der Waals surface area contributed by atoms with Gasteiger partial charge >= 0.3 is 0 Å². The number of carbonyl (C=O) groups is 1.